The lowest BCUT2D eigenvalue weighted by Crippen LogP contribution is -2.38. The molecule has 0 aromatic carbocycles. The molecule has 1 unspecified atom stereocenters. The van der Waals surface area contributed by atoms with Gasteiger partial charge in [-0.15, -0.1) is 0 Å². The minimum Gasteiger partial charge on any atom is -0.271 e. The molecule has 100 valence electrons. The first-order valence-corrected chi connectivity index (χ1v) is 7.24. The Balaban J connectivity index is 1.84. The summed E-state index contributed by atoms with van der Waals surface area (Å²) in [6.07, 6.45) is 12.3. The van der Waals surface area contributed by atoms with Crippen LogP contribution in [0.4, 0.5) is 0 Å². The highest BCUT2D eigenvalue weighted by Gasteiger charge is 2.17. The summed E-state index contributed by atoms with van der Waals surface area (Å²) in [5, 5.41) is 0. The zero-order valence-electron chi connectivity index (χ0n) is 11.1. The van der Waals surface area contributed by atoms with Crippen LogP contribution in [0.25, 0.3) is 0 Å². The van der Waals surface area contributed by atoms with Crippen molar-refractivity contribution in [1.82, 2.24) is 10.4 Å². The van der Waals surface area contributed by atoms with Gasteiger partial charge in [0.15, 0.2) is 0 Å². The van der Waals surface area contributed by atoms with E-state index in [9.17, 15) is 0 Å². The van der Waals surface area contributed by atoms with E-state index >= 15 is 0 Å². The van der Waals surface area contributed by atoms with Crippen LogP contribution >= 0.6 is 0 Å². The molecule has 3 N–H and O–H groups in total. The van der Waals surface area contributed by atoms with E-state index in [4.69, 9.17) is 5.84 Å². The van der Waals surface area contributed by atoms with E-state index in [-0.39, 0.29) is 0 Å². The number of nitrogens with one attached hydrogen (secondary N) is 1. The highest BCUT2D eigenvalue weighted by molar-refractivity contribution is 5.05. The largest absolute Gasteiger partial charge is 0.271 e. The summed E-state index contributed by atoms with van der Waals surface area (Å²) >= 11 is 0. The van der Waals surface area contributed by atoms with Gasteiger partial charge >= 0.3 is 0 Å². The third-order valence-electron chi connectivity index (χ3n) is 4.01. The molecule has 1 fully saturated rings. The molecular formula is C15H25N3. The zero-order valence-corrected chi connectivity index (χ0v) is 11.1. The van der Waals surface area contributed by atoms with Crippen LogP contribution in [0.15, 0.2) is 24.4 Å². The number of rotatable bonds is 5. The summed E-state index contributed by atoms with van der Waals surface area (Å²) < 4.78 is 0. The topological polar surface area (TPSA) is 50.9 Å². The molecule has 1 saturated carbocycles. The Hall–Kier alpha value is -0.930. The van der Waals surface area contributed by atoms with E-state index in [0.717, 1.165) is 18.0 Å². The molecule has 1 aromatic rings. The fourth-order valence-corrected chi connectivity index (χ4v) is 2.98. The molecule has 1 aliphatic carbocycles. The van der Waals surface area contributed by atoms with Gasteiger partial charge in [0.25, 0.3) is 0 Å². The number of aromatic nitrogens is 1. The number of nitrogens with two attached hydrogens (primary N) is 1. The normalized spacial score (nSPS) is 19.4. The van der Waals surface area contributed by atoms with Gasteiger partial charge in [0.05, 0.1) is 0 Å². The second kappa shape index (κ2) is 7.49. The van der Waals surface area contributed by atoms with Crippen molar-refractivity contribution in [3.63, 3.8) is 0 Å². The van der Waals surface area contributed by atoms with E-state index in [1.54, 1.807) is 0 Å². The molecule has 1 heterocycles. The molecule has 0 bridgehead atoms. The highest BCUT2D eigenvalue weighted by atomic mass is 15.2. The van der Waals surface area contributed by atoms with Crippen LogP contribution in [0, 0.1) is 5.92 Å². The Morgan fingerprint density at radius 1 is 1.22 bits per heavy atom. The standard InChI is InChI=1S/C15H25N3/c16-18-15(12-14-9-5-6-10-17-14)11-13-7-3-1-2-4-8-13/h5-6,9-10,13,15,18H,1-4,7-8,11-12,16H2. The lowest BCUT2D eigenvalue weighted by molar-refractivity contribution is 0.351. The van der Waals surface area contributed by atoms with Gasteiger partial charge in [0.2, 0.25) is 0 Å². The van der Waals surface area contributed by atoms with Crippen LogP contribution in [-0.4, -0.2) is 11.0 Å². The highest BCUT2D eigenvalue weighted by Crippen LogP contribution is 2.26. The Morgan fingerprint density at radius 3 is 2.61 bits per heavy atom. The van der Waals surface area contributed by atoms with Crippen molar-refractivity contribution >= 4 is 0 Å². The molecule has 3 nitrogen and oxygen atoms in total. The van der Waals surface area contributed by atoms with E-state index in [1.165, 1.54) is 44.9 Å². The molecule has 0 radical (unpaired) electrons. The molecule has 0 spiro atoms. The summed E-state index contributed by atoms with van der Waals surface area (Å²) in [6, 6.07) is 6.45. The van der Waals surface area contributed by atoms with Crippen molar-refractivity contribution in [1.29, 1.82) is 0 Å². The number of hydrazine groups is 1. The quantitative estimate of drug-likeness (QED) is 0.478. The molecule has 1 aliphatic rings. The minimum absolute atomic E-state index is 0.364. The van der Waals surface area contributed by atoms with Gasteiger partial charge < -0.3 is 0 Å². The van der Waals surface area contributed by atoms with Crippen LogP contribution < -0.4 is 11.3 Å². The van der Waals surface area contributed by atoms with Crippen molar-refractivity contribution in [3.8, 4) is 0 Å². The monoisotopic (exact) mass is 247 g/mol. The minimum atomic E-state index is 0.364. The van der Waals surface area contributed by atoms with E-state index < -0.39 is 0 Å². The molecule has 18 heavy (non-hydrogen) atoms. The first-order valence-electron chi connectivity index (χ1n) is 7.24. The average molecular weight is 247 g/mol. The van der Waals surface area contributed by atoms with Gasteiger partial charge in [-0.1, -0.05) is 44.6 Å². The van der Waals surface area contributed by atoms with Gasteiger partial charge in [-0.3, -0.25) is 16.3 Å². The maximum absolute atomic E-state index is 5.70. The van der Waals surface area contributed by atoms with Crippen LogP contribution in [0.5, 0.6) is 0 Å². The van der Waals surface area contributed by atoms with Crippen LogP contribution in [0.2, 0.25) is 0 Å². The molecule has 2 rings (SSSR count). The van der Waals surface area contributed by atoms with Crippen molar-refractivity contribution < 1.29 is 0 Å². The van der Waals surface area contributed by atoms with Crippen LogP contribution in [0.3, 0.4) is 0 Å². The Morgan fingerprint density at radius 2 is 2.00 bits per heavy atom. The summed E-state index contributed by atoms with van der Waals surface area (Å²) in [6.45, 7) is 0. The van der Waals surface area contributed by atoms with Crippen LogP contribution in [-0.2, 0) is 6.42 Å². The first-order chi connectivity index (χ1) is 8.88. The van der Waals surface area contributed by atoms with Crippen molar-refractivity contribution in [2.24, 2.45) is 11.8 Å². The first kappa shape index (κ1) is 13.5. The number of pyridine rings is 1. The van der Waals surface area contributed by atoms with Crippen molar-refractivity contribution in [2.45, 2.75) is 57.4 Å². The predicted octanol–water partition coefficient (Wildman–Crippen LogP) is 2.82. The maximum atomic E-state index is 5.70. The maximum Gasteiger partial charge on any atom is 0.0419 e. The van der Waals surface area contributed by atoms with Gasteiger partial charge in [-0.25, -0.2) is 0 Å². The van der Waals surface area contributed by atoms with Crippen molar-refractivity contribution in [2.75, 3.05) is 0 Å². The lowest BCUT2D eigenvalue weighted by Gasteiger charge is -2.21. The molecule has 1 atom stereocenters. The van der Waals surface area contributed by atoms with E-state index in [0.29, 0.717) is 6.04 Å². The molecule has 3 heteroatoms. The van der Waals surface area contributed by atoms with Gasteiger partial charge in [-0.2, -0.15) is 0 Å². The third-order valence-corrected chi connectivity index (χ3v) is 4.01. The number of hydrogen-bond acceptors (Lipinski definition) is 3. The van der Waals surface area contributed by atoms with Gasteiger partial charge in [-0.05, 0) is 24.5 Å². The number of nitrogens with zero attached hydrogens (tertiary/aromatic N) is 1. The van der Waals surface area contributed by atoms with Crippen LogP contribution in [0.1, 0.15) is 50.6 Å². The summed E-state index contributed by atoms with van der Waals surface area (Å²) in [7, 11) is 0. The Labute approximate surface area is 110 Å². The van der Waals surface area contributed by atoms with Crippen molar-refractivity contribution in [3.05, 3.63) is 30.1 Å². The second-order valence-electron chi connectivity index (χ2n) is 5.48. The summed E-state index contributed by atoms with van der Waals surface area (Å²) in [4.78, 5) is 4.38. The van der Waals surface area contributed by atoms with E-state index in [2.05, 4.69) is 16.5 Å². The predicted molar refractivity (Wildman–Crippen MR) is 74.9 cm³/mol. The summed E-state index contributed by atoms with van der Waals surface area (Å²) in [5.74, 6) is 6.54. The van der Waals surface area contributed by atoms with E-state index in [1.807, 2.05) is 18.3 Å². The number of hydrogen-bond donors (Lipinski definition) is 2. The zero-order chi connectivity index (χ0) is 12.6. The molecule has 1 aromatic heterocycles. The molecule has 0 saturated heterocycles. The SMILES string of the molecule is NNC(Cc1ccccn1)CC1CCCCCC1. The molecule has 0 aliphatic heterocycles. The second-order valence-corrected chi connectivity index (χ2v) is 5.48. The smallest absolute Gasteiger partial charge is 0.0419 e. The lowest BCUT2D eigenvalue weighted by atomic mass is 9.91. The summed E-state index contributed by atoms with van der Waals surface area (Å²) in [5.41, 5.74) is 4.11. The Bertz CT molecular complexity index is 318. The Kier molecular flexibility index (Phi) is 5.62. The fourth-order valence-electron chi connectivity index (χ4n) is 2.98. The molecular weight excluding hydrogens is 222 g/mol. The average Bonchev–Trinajstić information content (AvgIpc) is 2.68. The third kappa shape index (κ3) is 4.39. The van der Waals surface area contributed by atoms with Gasteiger partial charge in [0.1, 0.15) is 0 Å². The molecule has 0 amide bonds. The fraction of sp³-hybridized carbons (Fsp3) is 0.667. The van der Waals surface area contributed by atoms with Gasteiger partial charge in [0, 0.05) is 24.4 Å².